The molecule has 0 amide bonds. The Morgan fingerprint density at radius 3 is 0.958 bits per heavy atom. The SMILES string of the molecule is c1cnc(-c2nc(-c3nccnn3)nc(-c3nccnn3)n2)nn1. The zero-order chi connectivity index (χ0) is 16.2. The summed E-state index contributed by atoms with van der Waals surface area (Å²) in [6, 6.07) is 0. The van der Waals surface area contributed by atoms with Gasteiger partial charge >= 0.3 is 0 Å². The molecule has 4 rings (SSSR count). The summed E-state index contributed by atoms with van der Waals surface area (Å²) in [5, 5.41) is 23.0. The number of hydrogen-bond donors (Lipinski definition) is 0. The second-order valence-corrected chi connectivity index (χ2v) is 4.21. The highest BCUT2D eigenvalue weighted by Crippen LogP contribution is 2.17. The fourth-order valence-corrected chi connectivity index (χ4v) is 1.73. The van der Waals surface area contributed by atoms with Gasteiger partial charge in [0.05, 0.1) is 18.6 Å². The maximum absolute atomic E-state index is 4.27. The Hall–Kier alpha value is -3.96. The Kier molecular flexibility index (Phi) is 3.44. The van der Waals surface area contributed by atoms with Crippen molar-refractivity contribution in [3.63, 3.8) is 0 Å². The van der Waals surface area contributed by atoms with Crippen LogP contribution in [0.3, 0.4) is 0 Å². The fraction of sp³-hybridized carbons (Fsp3) is 0. The van der Waals surface area contributed by atoms with Crippen molar-refractivity contribution in [3.05, 3.63) is 37.2 Å². The molecule has 114 valence electrons. The molecule has 4 heterocycles. The van der Waals surface area contributed by atoms with E-state index in [0.29, 0.717) is 0 Å². The van der Waals surface area contributed by atoms with Gasteiger partial charge in [-0.1, -0.05) is 0 Å². The molecular formula is C12H6N12. The van der Waals surface area contributed by atoms with Crippen LogP contribution in [-0.2, 0) is 0 Å². The minimum absolute atomic E-state index is 0.183. The lowest BCUT2D eigenvalue weighted by atomic mass is 10.4. The van der Waals surface area contributed by atoms with E-state index in [1.807, 2.05) is 0 Å². The van der Waals surface area contributed by atoms with Crippen LogP contribution in [0.1, 0.15) is 0 Å². The van der Waals surface area contributed by atoms with Crippen molar-refractivity contribution < 1.29 is 0 Å². The van der Waals surface area contributed by atoms with Crippen molar-refractivity contribution in [2.24, 2.45) is 0 Å². The first-order valence-electron chi connectivity index (χ1n) is 6.58. The van der Waals surface area contributed by atoms with E-state index in [0.717, 1.165) is 0 Å². The third-order valence-corrected chi connectivity index (χ3v) is 2.68. The molecule has 0 saturated heterocycles. The van der Waals surface area contributed by atoms with Crippen LogP contribution in [0.25, 0.3) is 34.9 Å². The van der Waals surface area contributed by atoms with Gasteiger partial charge in [-0.25, -0.2) is 29.9 Å². The molecule has 0 aliphatic heterocycles. The summed E-state index contributed by atoms with van der Waals surface area (Å²) in [4.78, 5) is 25.1. The van der Waals surface area contributed by atoms with Crippen molar-refractivity contribution in [1.29, 1.82) is 0 Å². The van der Waals surface area contributed by atoms with Crippen LogP contribution in [0.5, 0.6) is 0 Å². The third kappa shape index (κ3) is 2.70. The molecule has 12 heteroatoms. The highest BCUT2D eigenvalue weighted by molar-refractivity contribution is 5.55. The summed E-state index contributed by atoms with van der Waals surface area (Å²) < 4.78 is 0. The predicted octanol–water partition coefficient (Wildman–Crippen LogP) is -0.572. The molecule has 0 aliphatic carbocycles. The lowest BCUT2D eigenvalue weighted by Crippen LogP contribution is -2.06. The minimum Gasteiger partial charge on any atom is -0.231 e. The van der Waals surface area contributed by atoms with Crippen molar-refractivity contribution in [3.8, 4) is 34.9 Å². The number of nitrogens with zero attached hydrogens (tertiary/aromatic N) is 12. The fourth-order valence-electron chi connectivity index (χ4n) is 1.73. The molecule has 0 atom stereocenters. The van der Waals surface area contributed by atoms with E-state index in [4.69, 9.17) is 0 Å². The number of rotatable bonds is 3. The van der Waals surface area contributed by atoms with Gasteiger partial charge in [0.1, 0.15) is 0 Å². The maximum atomic E-state index is 4.27. The molecule has 0 bridgehead atoms. The first-order valence-corrected chi connectivity index (χ1v) is 6.58. The zero-order valence-electron chi connectivity index (χ0n) is 11.8. The topological polar surface area (TPSA) is 155 Å². The Morgan fingerprint density at radius 2 is 0.708 bits per heavy atom. The first kappa shape index (κ1) is 13.7. The van der Waals surface area contributed by atoms with Crippen LogP contribution in [0, 0.1) is 0 Å². The summed E-state index contributed by atoms with van der Waals surface area (Å²) >= 11 is 0. The summed E-state index contributed by atoms with van der Waals surface area (Å²) in [5.41, 5.74) is 0. The van der Waals surface area contributed by atoms with Crippen LogP contribution in [0.15, 0.2) is 37.2 Å². The van der Waals surface area contributed by atoms with Crippen LogP contribution >= 0.6 is 0 Å². The maximum Gasteiger partial charge on any atom is 0.219 e. The molecule has 12 nitrogen and oxygen atoms in total. The summed E-state index contributed by atoms with van der Waals surface area (Å²) in [6.45, 7) is 0. The van der Waals surface area contributed by atoms with Gasteiger partial charge in [-0.15, -0.1) is 15.3 Å². The zero-order valence-corrected chi connectivity index (χ0v) is 11.8. The monoisotopic (exact) mass is 318 g/mol. The van der Waals surface area contributed by atoms with Gasteiger partial charge in [-0.2, -0.15) is 15.3 Å². The van der Waals surface area contributed by atoms with Crippen LogP contribution in [-0.4, -0.2) is 60.5 Å². The molecule has 0 aliphatic rings. The van der Waals surface area contributed by atoms with E-state index >= 15 is 0 Å². The molecule has 4 aromatic heterocycles. The second kappa shape index (κ2) is 6.04. The Morgan fingerprint density at radius 1 is 0.375 bits per heavy atom. The second-order valence-electron chi connectivity index (χ2n) is 4.21. The third-order valence-electron chi connectivity index (χ3n) is 2.68. The van der Waals surface area contributed by atoms with Crippen LogP contribution < -0.4 is 0 Å². The van der Waals surface area contributed by atoms with Crippen molar-refractivity contribution in [2.75, 3.05) is 0 Å². The number of aromatic nitrogens is 12. The molecule has 0 fully saturated rings. The van der Waals surface area contributed by atoms with E-state index in [2.05, 4.69) is 60.5 Å². The van der Waals surface area contributed by atoms with Gasteiger partial charge < -0.3 is 0 Å². The average molecular weight is 318 g/mol. The molecule has 0 N–H and O–H groups in total. The normalized spacial score (nSPS) is 10.5. The molecular weight excluding hydrogens is 312 g/mol. The lowest BCUT2D eigenvalue weighted by Gasteiger charge is -2.03. The molecule has 0 aromatic carbocycles. The van der Waals surface area contributed by atoms with Gasteiger partial charge in [0.25, 0.3) is 0 Å². The molecule has 24 heavy (non-hydrogen) atoms. The van der Waals surface area contributed by atoms with Gasteiger partial charge in [-0.3, -0.25) is 0 Å². The Labute approximate surface area is 133 Å². The highest BCUT2D eigenvalue weighted by Gasteiger charge is 2.16. The smallest absolute Gasteiger partial charge is 0.219 e. The summed E-state index contributed by atoms with van der Waals surface area (Å²) in [7, 11) is 0. The highest BCUT2D eigenvalue weighted by atomic mass is 15.2. The van der Waals surface area contributed by atoms with Crippen LogP contribution in [0.2, 0.25) is 0 Å². The van der Waals surface area contributed by atoms with Gasteiger partial charge in [-0.05, 0) is 0 Å². The molecule has 0 saturated carbocycles. The Bertz CT molecular complexity index is 808. The number of hydrogen-bond acceptors (Lipinski definition) is 12. The van der Waals surface area contributed by atoms with Gasteiger partial charge in [0.15, 0.2) is 0 Å². The average Bonchev–Trinajstić information content (AvgIpc) is 2.70. The standard InChI is InChI=1S/C12H6N12/c1-4-16-22-7(13-1)10-19-11(8-14-2-5-17-23-8)21-12(20-10)9-15-3-6-18-24-9/h1-6H. The van der Waals surface area contributed by atoms with Crippen LogP contribution in [0.4, 0.5) is 0 Å². The first-order chi connectivity index (χ1) is 11.9. The van der Waals surface area contributed by atoms with E-state index in [-0.39, 0.29) is 34.9 Å². The molecule has 0 radical (unpaired) electrons. The van der Waals surface area contributed by atoms with E-state index in [1.54, 1.807) is 0 Å². The summed E-state index contributed by atoms with van der Waals surface area (Å²) in [6.07, 6.45) is 8.77. The predicted molar refractivity (Wildman–Crippen MR) is 76.3 cm³/mol. The van der Waals surface area contributed by atoms with E-state index < -0.39 is 0 Å². The van der Waals surface area contributed by atoms with E-state index in [9.17, 15) is 0 Å². The quantitative estimate of drug-likeness (QED) is 0.474. The van der Waals surface area contributed by atoms with Crippen molar-refractivity contribution in [2.45, 2.75) is 0 Å². The van der Waals surface area contributed by atoms with Gasteiger partial charge in [0.2, 0.25) is 34.9 Å². The largest absolute Gasteiger partial charge is 0.231 e. The van der Waals surface area contributed by atoms with Crippen molar-refractivity contribution >= 4 is 0 Å². The molecule has 0 spiro atoms. The lowest BCUT2D eigenvalue weighted by molar-refractivity contribution is 0.904. The van der Waals surface area contributed by atoms with Crippen molar-refractivity contribution in [1.82, 2.24) is 60.5 Å². The minimum atomic E-state index is 0.183. The summed E-state index contributed by atoms with van der Waals surface area (Å²) in [5.74, 6) is 1.20. The molecule has 0 unspecified atom stereocenters. The van der Waals surface area contributed by atoms with E-state index in [1.165, 1.54) is 37.2 Å². The molecule has 4 aromatic rings. The Balaban J connectivity index is 1.92. The van der Waals surface area contributed by atoms with Gasteiger partial charge in [0, 0.05) is 18.6 Å².